The molecule has 2 aromatic heterocycles. The first-order valence-electron chi connectivity index (χ1n) is 9.76. The third kappa shape index (κ3) is 4.10. The third-order valence-corrected chi connectivity index (χ3v) is 6.47. The fraction of sp³-hybridized carbons (Fsp3) is 0. The molecule has 1 N–H and O–H groups in total. The largest absolute Gasteiger partial charge is 0.298 e. The molecule has 0 spiro atoms. The van der Waals surface area contributed by atoms with Crippen LogP contribution < -0.4 is 5.32 Å². The second kappa shape index (κ2) is 8.71. The van der Waals surface area contributed by atoms with Gasteiger partial charge in [-0.2, -0.15) is 0 Å². The fourth-order valence-corrected chi connectivity index (χ4v) is 4.42. The number of thiazole rings is 1. The van der Waals surface area contributed by atoms with Crippen LogP contribution in [0, 0.1) is 0 Å². The number of hydrogen-bond acceptors (Lipinski definition) is 4. The van der Waals surface area contributed by atoms with E-state index in [9.17, 15) is 4.79 Å². The molecular weight excluding hydrogens is 461 g/mol. The Kier molecular flexibility index (Phi) is 5.62. The number of hydrogen-bond donors (Lipinski definition) is 1. The lowest BCUT2D eigenvalue weighted by Crippen LogP contribution is -2.13. The molecule has 4 nitrogen and oxygen atoms in total. The highest BCUT2D eigenvalue weighted by Crippen LogP contribution is 2.31. The van der Waals surface area contributed by atoms with Gasteiger partial charge in [0, 0.05) is 21.9 Å². The van der Waals surface area contributed by atoms with Crippen LogP contribution >= 0.6 is 34.5 Å². The Hall–Kier alpha value is -3.25. The summed E-state index contributed by atoms with van der Waals surface area (Å²) in [5.74, 6) is -0.240. The highest BCUT2D eigenvalue weighted by atomic mass is 35.5. The van der Waals surface area contributed by atoms with Gasteiger partial charge in [-0.1, -0.05) is 77.8 Å². The number of rotatable bonds is 4. The molecule has 0 saturated carbocycles. The van der Waals surface area contributed by atoms with Gasteiger partial charge >= 0.3 is 0 Å². The van der Waals surface area contributed by atoms with Crippen molar-refractivity contribution < 1.29 is 4.79 Å². The van der Waals surface area contributed by atoms with Gasteiger partial charge < -0.3 is 0 Å². The van der Waals surface area contributed by atoms with E-state index in [0.717, 1.165) is 27.7 Å². The summed E-state index contributed by atoms with van der Waals surface area (Å²) < 4.78 is 0. The molecule has 2 heterocycles. The molecule has 7 heteroatoms. The molecule has 0 bridgehead atoms. The van der Waals surface area contributed by atoms with Gasteiger partial charge in [0.15, 0.2) is 5.13 Å². The van der Waals surface area contributed by atoms with E-state index in [-0.39, 0.29) is 5.91 Å². The van der Waals surface area contributed by atoms with Crippen LogP contribution in [0.15, 0.2) is 84.2 Å². The second-order valence-corrected chi connectivity index (χ2v) is 8.73. The fourth-order valence-electron chi connectivity index (χ4n) is 3.40. The molecule has 0 unspecified atom stereocenters. The molecule has 32 heavy (non-hydrogen) atoms. The zero-order valence-corrected chi connectivity index (χ0v) is 18.9. The number of benzene rings is 3. The van der Waals surface area contributed by atoms with Crippen LogP contribution in [0.25, 0.3) is 33.4 Å². The number of pyridine rings is 1. The number of para-hydroxylation sites is 1. The topological polar surface area (TPSA) is 54.9 Å². The van der Waals surface area contributed by atoms with Crippen molar-refractivity contribution in [2.75, 3.05) is 5.32 Å². The first-order chi connectivity index (χ1) is 15.6. The van der Waals surface area contributed by atoms with Crippen LogP contribution in [0.1, 0.15) is 10.4 Å². The minimum absolute atomic E-state index is 0.240. The molecule has 0 aliphatic heterocycles. The molecule has 0 aliphatic carbocycles. The van der Waals surface area contributed by atoms with Crippen molar-refractivity contribution >= 4 is 56.5 Å². The van der Waals surface area contributed by atoms with Gasteiger partial charge in [0.1, 0.15) is 0 Å². The molecule has 0 radical (unpaired) electrons. The summed E-state index contributed by atoms with van der Waals surface area (Å²) in [6, 6.07) is 24.6. The molecule has 1 amide bonds. The lowest BCUT2D eigenvalue weighted by molar-refractivity contribution is 0.102. The van der Waals surface area contributed by atoms with Crippen LogP contribution in [0.3, 0.4) is 0 Å². The monoisotopic (exact) mass is 475 g/mol. The molecule has 5 aromatic rings. The van der Waals surface area contributed by atoms with Crippen molar-refractivity contribution in [1.82, 2.24) is 9.97 Å². The van der Waals surface area contributed by atoms with Crippen molar-refractivity contribution in [1.29, 1.82) is 0 Å². The zero-order chi connectivity index (χ0) is 22.1. The Morgan fingerprint density at radius 2 is 1.56 bits per heavy atom. The summed E-state index contributed by atoms with van der Waals surface area (Å²) in [5, 5.41) is 7.02. The van der Waals surface area contributed by atoms with E-state index >= 15 is 0 Å². The molecule has 5 rings (SSSR count). The Morgan fingerprint density at radius 3 is 2.38 bits per heavy atom. The first kappa shape index (κ1) is 20.6. The number of carbonyl (C=O) groups is 1. The van der Waals surface area contributed by atoms with Crippen molar-refractivity contribution in [3.8, 4) is 22.5 Å². The van der Waals surface area contributed by atoms with E-state index in [1.165, 1.54) is 11.3 Å². The second-order valence-electron chi connectivity index (χ2n) is 7.06. The van der Waals surface area contributed by atoms with Gasteiger partial charge in [-0.15, -0.1) is 11.3 Å². The summed E-state index contributed by atoms with van der Waals surface area (Å²) in [6.45, 7) is 0. The lowest BCUT2D eigenvalue weighted by Gasteiger charge is -2.09. The molecule has 156 valence electrons. The maximum absolute atomic E-state index is 13.2. The van der Waals surface area contributed by atoms with Crippen molar-refractivity contribution in [3.05, 3.63) is 99.9 Å². The summed E-state index contributed by atoms with van der Waals surface area (Å²) in [6.07, 6.45) is 0. The van der Waals surface area contributed by atoms with E-state index in [4.69, 9.17) is 28.2 Å². The van der Waals surface area contributed by atoms with Gasteiger partial charge in [0.05, 0.1) is 32.5 Å². The van der Waals surface area contributed by atoms with Crippen LogP contribution in [0.4, 0.5) is 5.13 Å². The van der Waals surface area contributed by atoms with E-state index in [1.807, 2.05) is 72.1 Å². The Bertz CT molecular complexity index is 1450. The summed E-state index contributed by atoms with van der Waals surface area (Å²) in [7, 11) is 0. The van der Waals surface area contributed by atoms with Crippen molar-refractivity contribution in [3.63, 3.8) is 0 Å². The SMILES string of the molecule is O=C(Nc1nc(-c2ccc(Cl)c(Cl)c2)cs1)c1cc(-c2ccccc2)nc2ccccc12. The number of halogens is 2. The Morgan fingerprint density at radius 1 is 0.781 bits per heavy atom. The molecule has 0 aliphatic rings. The predicted molar refractivity (Wildman–Crippen MR) is 133 cm³/mol. The number of aromatic nitrogens is 2. The van der Waals surface area contributed by atoms with E-state index < -0.39 is 0 Å². The van der Waals surface area contributed by atoms with E-state index in [2.05, 4.69) is 10.3 Å². The number of nitrogens with zero attached hydrogens (tertiary/aromatic N) is 2. The molecule has 3 aromatic carbocycles. The maximum Gasteiger partial charge on any atom is 0.258 e. The smallest absolute Gasteiger partial charge is 0.258 e. The van der Waals surface area contributed by atoms with Gasteiger partial charge in [0.2, 0.25) is 0 Å². The Labute approximate surface area is 198 Å². The Balaban J connectivity index is 1.49. The van der Waals surface area contributed by atoms with Crippen LogP contribution in [-0.2, 0) is 0 Å². The average Bonchev–Trinajstić information content (AvgIpc) is 3.29. The zero-order valence-electron chi connectivity index (χ0n) is 16.5. The molecule has 0 atom stereocenters. The third-order valence-electron chi connectivity index (χ3n) is 4.97. The van der Waals surface area contributed by atoms with Gasteiger partial charge in [0.25, 0.3) is 5.91 Å². The first-order valence-corrected chi connectivity index (χ1v) is 11.4. The van der Waals surface area contributed by atoms with Crippen molar-refractivity contribution in [2.45, 2.75) is 0 Å². The minimum Gasteiger partial charge on any atom is -0.298 e. The van der Waals surface area contributed by atoms with Crippen LogP contribution in [-0.4, -0.2) is 15.9 Å². The number of anilines is 1. The number of nitrogens with one attached hydrogen (secondary N) is 1. The number of carbonyl (C=O) groups excluding carboxylic acids is 1. The highest BCUT2D eigenvalue weighted by Gasteiger charge is 2.16. The summed E-state index contributed by atoms with van der Waals surface area (Å²) in [5.41, 5.74) is 4.54. The summed E-state index contributed by atoms with van der Waals surface area (Å²) in [4.78, 5) is 22.5. The standard InChI is InChI=1S/C25H15Cl2N3OS/c26-19-11-10-16(12-20(19)27)23-14-32-25(29-23)30-24(31)18-13-22(15-6-2-1-3-7-15)28-21-9-5-4-8-17(18)21/h1-14H,(H,29,30,31). The average molecular weight is 476 g/mol. The van der Waals surface area contributed by atoms with Crippen LogP contribution in [0.5, 0.6) is 0 Å². The lowest BCUT2D eigenvalue weighted by atomic mass is 10.0. The summed E-state index contributed by atoms with van der Waals surface area (Å²) >= 11 is 13.5. The molecule has 0 saturated heterocycles. The maximum atomic E-state index is 13.2. The quantitative estimate of drug-likeness (QED) is 0.291. The van der Waals surface area contributed by atoms with Gasteiger partial charge in [-0.3, -0.25) is 10.1 Å². The van der Waals surface area contributed by atoms with Gasteiger partial charge in [-0.25, -0.2) is 9.97 Å². The van der Waals surface area contributed by atoms with E-state index in [1.54, 1.807) is 12.1 Å². The normalized spacial score (nSPS) is 10.9. The molecular formula is C25H15Cl2N3OS. The van der Waals surface area contributed by atoms with Crippen molar-refractivity contribution in [2.24, 2.45) is 0 Å². The number of fused-ring (bicyclic) bond motifs is 1. The van der Waals surface area contributed by atoms with E-state index in [0.29, 0.717) is 26.4 Å². The highest BCUT2D eigenvalue weighted by molar-refractivity contribution is 7.14. The van der Waals surface area contributed by atoms with Gasteiger partial charge in [-0.05, 0) is 24.3 Å². The number of amides is 1. The molecule has 0 fully saturated rings. The van der Waals surface area contributed by atoms with Crippen LogP contribution in [0.2, 0.25) is 10.0 Å². The minimum atomic E-state index is -0.240. The predicted octanol–water partition coefficient (Wildman–Crippen LogP) is 7.58.